The van der Waals surface area contributed by atoms with Gasteiger partial charge in [-0.15, -0.1) is 0 Å². The van der Waals surface area contributed by atoms with E-state index in [-0.39, 0.29) is 11.1 Å². The molecule has 2 aromatic rings. The van der Waals surface area contributed by atoms with Crippen molar-refractivity contribution in [3.63, 3.8) is 0 Å². The first kappa shape index (κ1) is 18.1. The fraction of sp³-hybridized carbons (Fsp3) is 0.278. The normalized spacial score (nSPS) is 11.0. The third-order valence-electron chi connectivity index (χ3n) is 3.00. The van der Waals surface area contributed by atoms with E-state index < -0.39 is 17.5 Å². The topological polar surface area (TPSA) is 68.3 Å². The molecule has 0 bridgehead atoms. The molecular formula is C18H19BrN2O3. The van der Waals surface area contributed by atoms with Gasteiger partial charge in [0.1, 0.15) is 11.4 Å². The zero-order valence-electron chi connectivity index (χ0n) is 14.0. The second-order valence-electron chi connectivity index (χ2n) is 6.36. The Kier molecular flexibility index (Phi) is 5.39. The highest BCUT2D eigenvalue weighted by molar-refractivity contribution is 9.10. The van der Waals surface area contributed by atoms with Gasteiger partial charge in [-0.25, -0.2) is 9.78 Å². The molecule has 0 saturated carbocycles. The first-order valence-electron chi connectivity index (χ1n) is 7.42. The van der Waals surface area contributed by atoms with E-state index in [1.165, 1.54) is 0 Å². The number of ether oxygens (including phenoxy) is 1. The van der Waals surface area contributed by atoms with Crippen LogP contribution < -0.4 is 5.32 Å². The molecular weight excluding hydrogens is 372 g/mol. The van der Waals surface area contributed by atoms with Gasteiger partial charge in [-0.1, -0.05) is 15.9 Å². The monoisotopic (exact) mass is 390 g/mol. The Morgan fingerprint density at radius 3 is 2.46 bits per heavy atom. The number of halogens is 1. The summed E-state index contributed by atoms with van der Waals surface area (Å²) in [5, 5.41) is 2.70. The molecule has 0 saturated heterocycles. The first-order chi connectivity index (χ1) is 11.2. The summed E-state index contributed by atoms with van der Waals surface area (Å²) in [6.45, 7) is 7.24. The van der Waals surface area contributed by atoms with Crippen LogP contribution in [0.15, 0.2) is 41.0 Å². The highest BCUT2D eigenvalue weighted by Crippen LogP contribution is 2.21. The van der Waals surface area contributed by atoms with Crippen LogP contribution in [0.5, 0.6) is 0 Å². The predicted octanol–water partition coefficient (Wildman–Crippen LogP) is 4.36. The molecule has 1 aromatic carbocycles. The van der Waals surface area contributed by atoms with E-state index >= 15 is 0 Å². The minimum atomic E-state index is -0.648. The van der Waals surface area contributed by atoms with E-state index in [1.54, 1.807) is 51.2 Å². The number of nitrogens with zero attached hydrogens (tertiary/aromatic N) is 1. The molecule has 1 aromatic heterocycles. The van der Waals surface area contributed by atoms with Crippen molar-refractivity contribution in [1.29, 1.82) is 0 Å². The van der Waals surface area contributed by atoms with Crippen LogP contribution in [0.2, 0.25) is 0 Å². The van der Waals surface area contributed by atoms with E-state index in [0.717, 1.165) is 5.56 Å². The van der Waals surface area contributed by atoms with Crippen molar-refractivity contribution < 1.29 is 14.3 Å². The van der Waals surface area contributed by atoms with Gasteiger partial charge >= 0.3 is 5.97 Å². The van der Waals surface area contributed by atoms with Crippen molar-refractivity contribution in [1.82, 2.24) is 4.98 Å². The molecule has 0 aliphatic carbocycles. The smallest absolute Gasteiger partial charge is 0.339 e. The summed E-state index contributed by atoms with van der Waals surface area (Å²) in [7, 11) is 0. The lowest BCUT2D eigenvalue weighted by Crippen LogP contribution is -2.26. The van der Waals surface area contributed by atoms with Crippen molar-refractivity contribution in [3.8, 4) is 0 Å². The molecule has 0 unspecified atom stereocenters. The molecule has 1 N–H and O–H groups in total. The molecule has 1 heterocycles. The maximum Gasteiger partial charge on any atom is 0.339 e. The van der Waals surface area contributed by atoms with Gasteiger partial charge in [0.2, 0.25) is 0 Å². The maximum absolute atomic E-state index is 12.6. The summed E-state index contributed by atoms with van der Waals surface area (Å²) in [5.74, 6) is -0.536. The number of pyridine rings is 1. The molecule has 0 atom stereocenters. The van der Waals surface area contributed by atoms with Gasteiger partial charge in [0.05, 0.1) is 11.1 Å². The number of carbonyl (C=O) groups excluding carboxylic acids is 2. The Labute approximate surface area is 149 Å². The van der Waals surface area contributed by atoms with Crippen molar-refractivity contribution in [2.24, 2.45) is 0 Å². The van der Waals surface area contributed by atoms with E-state index in [2.05, 4.69) is 26.2 Å². The molecule has 126 valence electrons. The number of benzene rings is 1. The largest absolute Gasteiger partial charge is 0.456 e. The maximum atomic E-state index is 12.6. The lowest BCUT2D eigenvalue weighted by Gasteiger charge is -2.20. The van der Waals surface area contributed by atoms with Crippen LogP contribution in [0, 0.1) is 6.92 Å². The third kappa shape index (κ3) is 4.89. The van der Waals surface area contributed by atoms with Crippen LogP contribution in [0.3, 0.4) is 0 Å². The SMILES string of the molecule is Cc1ccnc(NC(=O)c2ccc(Br)cc2C(=O)OC(C)(C)C)c1. The summed E-state index contributed by atoms with van der Waals surface area (Å²) in [6, 6.07) is 8.44. The van der Waals surface area contributed by atoms with Crippen LogP contribution in [-0.2, 0) is 4.74 Å². The van der Waals surface area contributed by atoms with Gasteiger partial charge in [0.25, 0.3) is 5.91 Å². The Morgan fingerprint density at radius 1 is 1.12 bits per heavy atom. The van der Waals surface area contributed by atoms with Crippen molar-refractivity contribution in [3.05, 3.63) is 57.7 Å². The van der Waals surface area contributed by atoms with Crippen molar-refractivity contribution >= 4 is 33.6 Å². The molecule has 0 radical (unpaired) electrons. The molecule has 24 heavy (non-hydrogen) atoms. The van der Waals surface area contributed by atoms with E-state index in [9.17, 15) is 9.59 Å². The van der Waals surface area contributed by atoms with Gasteiger partial charge in [0, 0.05) is 10.7 Å². The fourth-order valence-electron chi connectivity index (χ4n) is 2.00. The highest BCUT2D eigenvalue weighted by atomic mass is 79.9. The Balaban J connectivity index is 2.32. The van der Waals surface area contributed by atoms with Gasteiger partial charge < -0.3 is 10.1 Å². The number of esters is 1. The molecule has 1 amide bonds. The number of amides is 1. The zero-order valence-corrected chi connectivity index (χ0v) is 15.6. The van der Waals surface area contributed by atoms with Crippen LogP contribution >= 0.6 is 15.9 Å². The minimum absolute atomic E-state index is 0.199. The number of carbonyl (C=O) groups is 2. The molecule has 5 nitrogen and oxygen atoms in total. The minimum Gasteiger partial charge on any atom is -0.456 e. The molecule has 0 aliphatic heterocycles. The third-order valence-corrected chi connectivity index (χ3v) is 3.50. The number of hydrogen-bond donors (Lipinski definition) is 1. The quantitative estimate of drug-likeness (QED) is 0.790. The Morgan fingerprint density at radius 2 is 1.83 bits per heavy atom. The molecule has 6 heteroatoms. The highest BCUT2D eigenvalue weighted by Gasteiger charge is 2.23. The first-order valence-corrected chi connectivity index (χ1v) is 8.22. The number of rotatable bonds is 3. The summed E-state index contributed by atoms with van der Waals surface area (Å²) in [4.78, 5) is 29.1. The van der Waals surface area contributed by atoms with Gasteiger partial charge in [0.15, 0.2) is 0 Å². The number of hydrogen-bond acceptors (Lipinski definition) is 4. The van der Waals surface area contributed by atoms with Crippen LogP contribution in [0.1, 0.15) is 47.1 Å². The van der Waals surface area contributed by atoms with Crippen molar-refractivity contribution in [2.45, 2.75) is 33.3 Å². The lowest BCUT2D eigenvalue weighted by molar-refractivity contribution is 0.00677. The van der Waals surface area contributed by atoms with Crippen LogP contribution in [0.4, 0.5) is 5.82 Å². The lowest BCUT2D eigenvalue weighted by atomic mass is 10.1. The summed E-state index contributed by atoms with van der Waals surface area (Å²) in [6.07, 6.45) is 1.61. The fourth-order valence-corrected chi connectivity index (χ4v) is 2.37. The standard InChI is InChI=1S/C18H19BrN2O3/c1-11-7-8-20-15(9-11)21-16(22)13-6-5-12(19)10-14(13)17(23)24-18(2,3)4/h5-10H,1-4H3,(H,20,21,22). The average Bonchev–Trinajstić information content (AvgIpc) is 2.45. The Hall–Kier alpha value is -2.21. The second kappa shape index (κ2) is 7.13. The van der Waals surface area contributed by atoms with Gasteiger partial charge in [-0.2, -0.15) is 0 Å². The molecule has 0 fully saturated rings. The predicted molar refractivity (Wildman–Crippen MR) is 96.2 cm³/mol. The van der Waals surface area contributed by atoms with Crippen molar-refractivity contribution in [2.75, 3.05) is 5.32 Å². The van der Waals surface area contributed by atoms with Crippen LogP contribution in [0.25, 0.3) is 0 Å². The second-order valence-corrected chi connectivity index (χ2v) is 7.28. The van der Waals surface area contributed by atoms with Gasteiger partial charge in [-0.05, 0) is 63.6 Å². The Bertz CT molecular complexity index is 782. The van der Waals surface area contributed by atoms with Gasteiger partial charge in [-0.3, -0.25) is 4.79 Å². The van der Waals surface area contributed by atoms with E-state index in [4.69, 9.17) is 4.74 Å². The zero-order chi connectivity index (χ0) is 17.9. The molecule has 0 spiro atoms. The molecule has 2 rings (SSSR count). The number of nitrogens with one attached hydrogen (secondary N) is 1. The summed E-state index contributed by atoms with van der Waals surface area (Å²) >= 11 is 3.32. The number of aryl methyl sites for hydroxylation is 1. The van der Waals surface area contributed by atoms with E-state index in [0.29, 0.717) is 10.3 Å². The number of anilines is 1. The average molecular weight is 391 g/mol. The molecule has 0 aliphatic rings. The number of aromatic nitrogens is 1. The summed E-state index contributed by atoms with van der Waals surface area (Å²) in [5.41, 5.74) is 0.759. The van der Waals surface area contributed by atoms with E-state index in [1.807, 2.05) is 13.0 Å². The van der Waals surface area contributed by atoms with Crippen LogP contribution in [-0.4, -0.2) is 22.5 Å². The summed E-state index contributed by atoms with van der Waals surface area (Å²) < 4.78 is 6.07.